The molecule has 0 atom stereocenters. The Balaban J connectivity index is 3.14. The minimum atomic E-state index is -0.115. The molecule has 3 heteroatoms. The number of aromatic hydroxyl groups is 1. The highest BCUT2D eigenvalue weighted by molar-refractivity contribution is 5.97. The zero-order chi connectivity index (χ0) is 13.2. The lowest BCUT2D eigenvalue weighted by atomic mass is 10.1. The van der Waals surface area contributed by atoms with Gasteiger partial charge in [-0.1, -0.05) is 11.6 Å². The van der Waals surface area contributed by atoms with Crippen LogP contribution in [0.5, 0.6) is 5.75 Å². The summed E-state index contributed by atoms with van der Waals surface area (Å²) in [6.45, 7) is 9.82. The van der Waals surface area contributed by atoms with E-state index in [0.717, 1.165) is 5.56 Å². The number of benzene rings is 1. The molecule has 1 aromatic rings. The van der Waals surface area contributed by atoms with Gasteiger partial charge in [-0.2, -0.15) is 0 Å². The standard InChI is InChI=1S/C14H21NO2/c1-9(2)15(10(3)4)14(17)12-8-11(5)6-7-13(12)16/h6-10,16H,1-5H3. The Kier molecular flexibility index (Phi) is 4.16. The first-order chi connectivity index (χ1) is 7.84. The normalized spacial score (nSPS) is 11.0. The SMILES string of the molecule is Cc1ccc(O)c(C(=O)N(C(C)C)C(C)C)c1. The number of carbonyl (C=O) groups excluding carboxylic acids is 1. The van der Waals surface area contributed by atoms with Crippen molar-refractivity contribution >= 4 is 5.91 Å². The summed E-state index contributed by atoms with van der Waals surface area (Å²) >= 11 is 0. The van der Waals surface area contributed by atoms with Crippen molar-refractivity contribution in [3.8, 4) is 5.75 Å². The van der Waals surface area contributed by atoms with Crippen LogP contribution in [0.3, 0.4) is 0 Å². The van der Waals surface area contributed by atoms with E-state index in [1.165, 1.54) is 0 Å². The van der Waals surface area contributed by atoms with Gasteiger partial charge in [-0.3, -0.25) is 4.79 Å². The Morgan fingerprint density at radius 2 is 1.71 bits per heavy atom. The van der Waals surface area contributed by atoms with Gasteiger partial charge in [-0.25, -0.2) is 0 Å². The molecule has 0 saturated heterocycles. The van der Waals surface area contributed by atoms with E-state index >= 15 is 0 Å². The molecule has 0 aliphatic carbocycles. The molecular weight excluding hydrogens is 214 g/mol. The molecule has 0 heterocycles. The first kappa shape index (κ1) is 13.6. The van der Waals surface area contributed by atoms with Crippen molar-refractivity contribution in [2.45, 2.75) is 46.7 Å². The summed E-state index contributed by atoms with van der Waals surface area (Å²) in [6.07, 6.45) is 0. The van der Waals surface area contributed by atoms with Crippen molar-refractivity contribution in [3.63, 3.8) is 0 Å². The largest absolute Gasteiger partial charge is 0.507 e. The van der Waals surface area contributed by atoms with Gasteiger partial charge in [0.25, 0.3) is 5.91 Å². The van der Waals surface area contributed by atoms with E-state index in [1.807, 2.05) is 34.6 Å². The number of hydrogen-bond donors (Lipinski definition) is 1. The van der Waals surface area contributed by atoms with E-state index in [-0.39, 0.29) is 23.7 Å². The van der Waals surface area contributed by atoms with Crippen LogP contribution in [0.15, 0.2) is 18.2 Å². The monoisotopic (exact) mass is 235 g/mol. The zero-order valence-electron chi connectivity index (χ0n) is 11.2. The minimum Gasteiger partial charge on any atom is -0.507 e. The highest BCUT2D eigenvalue weighted by Gasteiger charge is 2.23. The number of rotatable bonds is 3. The number of carbonyl (C=O) groups is 1. The third-order valence-corrected chi connectivity index (χ3v) is 2.73. The summed E-state index contributed by atoms with van der Waals surface area (Å²) in [5.74, 6) is -0.0666. The van der Waals surface area contributed by atoms with Gasteiger partial charge in [0.1, 0.15) is 5.75 Å². The van der Waals surface area contributed by atoms with E-state index in [4.69, 9.17) is 0 Å². The summed E-state index contributed by atoms with van der Waals surface area (Å²) in [7, 11) is 0. The fourth-order valence-corrected chi connectivity index (χ4v) is 2.03. The van der Waals surface area contributed by atoms with Crippen LogP contribution in [0.4, 0.5) is 0 Å². The molecule has 1 aromatic carbocycles. The van der Waals surface area contributed by atoms with Crippen molar-refractivity contribution in [2.75, 3.05) is 0 Å². The maximum absolute atomic E-state index is 12.4. The summed E-state index contributed by atoms with van der Waals surface area (Å²) in [6, 6.07) is 5.32. The van der Waals surface area contributed by atoms with Crippen LogP contribution in [0, 0.1) is 6.92 Å². The quantitative estimate of drug-likeness (QED) is 0.875. The number of hydrogen-bond acceptors (Lipinski definition) is 2. The van der Waals surface area contributed by atoms with Crippen molar-refractivity contribution in [3.05, 3.63) is 29.3 Å². The van der Waals surface area contributed by atoms with Gasteiger partial charge in [0, 0.05) is 12.1 Å². The van der Waals surface area contributed by atoms with Gasteiger partial charge in [0.2, 0.25) is 0 Å². The average molecular weight is 235 g/mol. The third-order valence-electron chi connectivity index (χ3n) is 2.73. The number of nitrogens with zero attached hydrogens (tertiary/aromatic N) is 1. The van der Waals surface area contributed by atoms with Crippen LogP contribution in [-0.4, -0.2) is 28.0 Å². The van der Waals surface area contributed by atoms with E-state index in [9.17, 15) is 9.90 Å². The molecule has 0 bridgehead atoms. The Morgan fingerprint density at radius 1 is 1.18 bits per heavy atom. The van der Waals surface area contributed by atoms with E-state index in [1.54, 1.807) is 23.1 Å². The van der Waals surface area contributed by atoms with Gasteiger partial charge < -0.3 is 10.0 Å². The summed E-state index contributed by atoms with van der Waals surface area (Å²) < 4.78 is 0. The van der Waals surface area contributed by atoms with Crippen LogP contribution in [-0.2, 0) is 0 Å². The molecule has 0 fully saturated rings. The molecule has 0 unspecified atom stereocenters. The van der Waals surface area contributed by atoms with Crippen LogP contribution < -0.4 is 0 Å². The Hall–Kier alpha value is -1.51. The predicted octanol–water partition coefficient (Wildman–Crippen LogP) is 2.96. The summed E-state index contributed by atoms with van der Waals surface area (Å²) in [5.41, 5.74) is 1.35. The van der Waals surface area contributed by atoms with Gasteiger partial charge in [-0.05, 0) is 46.8 Å². The lowest BCUT2D eigenvalue weighted by molar-refractivity contribution is 0.0640. The molecule has 1 amide bonds. The van der Waals surface area contributed by atoms with Crippen LogP contribution >= 0.6 is 0 Å². The van der Waals surface area contributed by atoms with Crippen LogP contribution in [0.1, 0.15) is 43.6 Å². The van der Waals surface area contributed by atoms with Gasteiger partial charge >= 0.3 is 0 Å². The molecule has 3 nitrogen and oxygen atoms in total. The number of amides is 1. The fourth-order valence-electron chi connectivity index (χ4n) is 2.03. The maximum Gasteiger partial charge on any atom is 0.258 e. The second-order valence-electron chi connectivity index (χ2n) is 4.92. The van der Waals surface area contributed by atoms with Gasteiger partial charge in [-0.15, -0.1) is 0 Å². The first-order valence-electron chi connectivity index (χ1n) is 5.97. The smallest absolute Gasteiger partial charge is 0.258 e. The van der Waals surface area contributed by atoms with Gasteiger partial charge in [0.05, 0.1) is 5.56 Å². The Labute approximate surface area is 103 Å². The molecule has 1 N–H and O–H groups in total. The lowest BCUT2D eigenvalue weighted by Crippen LogP contribution is -2.42. The molecule has 1 rings (SSSR count). The maximum atomic E-state index is 12.4. The Morgan fingerprint density at radius 3 is 2.18 bits per heavy atom. The van der Waals surface area contributed by atoms with Crippen LogP contribution in [0.25, 0.3) is 0 Å². The van der Waals surface area contributed by atoms with Crippen molar-refractivity contribution in [1.82, 2.24) is 4.90 Å². The number of aryl methyl sites for hydroxylation is 1. The molecule has 94 valence electrons. The summed E-state index contributed by atoms with van der Waals surface area (Å²) in [4.78, 5) is 14.1. The third kappa shape index (κ3) is 2.99. The topological polar surface area (TPSA) is 40.5 Å². The molecule has 17 heavy (non-hydrogen) atoms. The van der Waals surface area contributed by atoms with E-state index < -0.39 is 0 Å². The number of phenolic OH excluding ortho intramolecular Hbond substituents is 1. The van der Waals surface area contributed by atoms with Crippen molar-refractivity contribution in [2.24, 2.45) is 0 Å². The summed E-state index contributed by atoms with van der Waals surface area (Å²) in [5, 5.41) is 9.77. The molecule has 0 aliphatic heterocycles. The average Bonchev–Trinajstić information content (AvgIpc) is 2.20. The Bertz CT molecular complexity index is 403. The molecule has 0 aromatic heterocycles. The number of phenols is 1. The van der Waals surface area contributed by atoms with Crippen molar-refractivity contribution in [1.29, 1.82) is 0 Å². The zero-order valence-corrected chi connectivity index (χ0v) is 11.2. The van der Waals surface area contributed by atoms with E-state index in [0.29, 0.717) is 5.56 Å². The molecule has 0 aliphatic rings. The van der Waals surface area contributed by atoms with Crippen molar-refractivity contribution < 1.29 is 9.90 Å². The first-order valence-corrected chi connectivity index (χ1v) is 5.97. The molecule has 0 radical (unpaired) electrons. The molecule has 0 spiro atoms. The highest BCUT2D eigenvalue weighted by Crippen LogP contribution is 2.22. The highest BCUT2D eigenvalue weighted by atomic mass is 16.3. The predicted molar refractivity (Wildman–Crippen MR) is 69.3 cm³/mol. The second kappa shape index (κ2) is 5.21. The lowest BCUT2D eigenvalue weighted by Gasteiger charge is -2.31. The second-order valence-corrected chi connectivity index (χ2v) is 4.92. The fraction of sp³-hybridized carbons (Fsp3) is 0.500. The molecule has 0 saturated carbocycles. The van der Waals surface area contributed by atoms with Crippen LogP contribution in [0.2, 0.25) is 0 Å². The molecular formula is C14H21NO2. The van der Waals surface area contributed by atoms with E-state index in [2.05, 4.69) is 0 Å². The minimum absolute atomic E-state index is 0.0481. The van der Waals surface area contributed by atoms with Gasteiger partial charge in [0.15, 0.2) is 0 Å².